The Balaban J connectivity index is 2.58. The summed E-state index contributed by atoms with van der Waals surface area (Å²) in [7, 11) is 0. The van der Waals surface area contributed by atoms with Crippen LogP contribution in [0.25, 0.3) is 0 Å². The Bertz CT molecular complexity index is 653. The average molecular weight is 392 g/mol. The average Bonchev–Trinajstić information content (AvgIpc) is 2.58. The van der Waals surface area contributed by atoms with Gasteiger partial charge in [0.2, 0.25) is 5.91 Å². The number of hydrogen-bond donors (Lipinski definition) is 2. The Morgan fingerprint density at radius 2 is 1.61 bits per heavy atom. The maximum absolute atomic E-state index is 12.4. The molecule has 1 aromatic carbocycles. The highest BCUT2D eigenvalue weighted by molar-refractivity contribution is 5.89. The fourth-order valence-electron chi connectivity index (χ4n) is 2.36. The molecule has 0 saturated carbocycles. The number of alkyl carbamates (subject to hydrolysis) is 1. The first kappa shape index (κ1) is 23.5. The second-order valence-electron chi connectivity index (χ2n) is 8.15. The largest absolute Gasteiger partial charge is 0.458 e. The minimum atomic E-state index is -0.861. The maximum atomic E-state index is 12.4. The van der Waals surface area contributed by atoms with E-state index in [4.69, 9.17) is 9.47 Å². The van der Waals surface area contributed by atoms with E-state index >= 15 is 0 Å². The molecular weight excluding hydrogens is 360 g/mol. The molecule has 0 saturated heterocycles. The maximum Gasteiger partial charge on any atom is 0.408 e. The van der Waals surface area contributed by atoms with Gasteiger partial charge in [-0.2, -0.15) is 0 Å². The van der Waals surface area contributed by atoms with Gasteiger partial charge in [0.25, 0.3) is 0 Å². The summed E-state index contributed by atoms with van der Waals surface area (Å²) in [6.45, 7) is 10.8. The second-order valence-corrected chi connectivity index (χ2v) is 8.15. The molecule has 2 atom stereocenters. The first-order valence-electron chi connectivity index (χ1n) is 9.48. The van der Waals surface area contributed by atoms with Gasteiger partial charge in [0, 0.05) is 0 Å². The third-order valence-corrected chi connectivity index (χ3v) is 3.66. The Labute approximate surface area is 167 Å². The molecule has 7 nitrogen and oxygen atoms in total. The number of rotatable bonds is 8. The van der Waals surface area contributed by atoms with Crippen molar-refractivity contribution in [2.75, 3.05) is 0 Å². The minimum Gasteiger partial charge on any atom is -0.458 e. The molecule has 0 aliphatic carbocycles. The summed E-state index contributed by atoms with van der Waals surface area (Å²) in [6, 6.07) is 7.59. The van der Waals surface area contributed by atoms with E-state index in [0.29, 0.717) is 6.42 Å². The third-order valence-electron chi connectivity index (χ3n) is 3.66. The number of carbonyl (C=O) groups excluding carboxylic acids is 3. The molecule has 0 heterocycles. The SMILES string of the molecule is CC(C)CC(NC(=O)C(C)NC(=O)OCc1ccccc1)C(=O)OC(C)(C)C. The van der Waals surface area contributed by atoms with Gasteiger partial charge in [0.05, 0.1) is 0 Å². The fraction of sp³-hybridized carbons (Fsp3) is 0.571. The summed E-state index contributed by atoms with van der Waals surface area (Å²) < 4.78 is 10.5. The van der Waals surface area contributed by atoms with Crippen LogP contribution in [0.15, 0.2) is 30.3 Å². The van der Waals surface area contributed by atoms with E-state index in [9.17, 15) is 14.4 Å². The van der Waals surface area contributed by atoms with Crippen LogP contribution in [0, 0.1) is 5.92 Å². The summed E-state index contributed by atoms with van der Waals surface area (Å²) in [5, 5.41) is 5.14. The zero-order valence-electron chi connectivity index (χ0n) is 17.6. The van der Waals surface area contributed by atoms with E-state index in [0.717, 1.165) is 5.56 Å². The molecule has 1 rings (SSSR count). The van der Waals surface area contributed by atoms with Crippen LogP contribution in [-0.4, -0.2) is 35.7 Å². The Morgan fingerprint density at radius 3 is 2.14 bits per heavy atom. The molecule has 156 valence electrons. The zero-order valence-corrected chi connectivity index (χ0v) is 17.6. The van der Waals surface area contributed by atoms with Crippen molar-refractivity contribution in [1.29, 1.82) is 0 Å². The predicted octanol–water partition coefficient (Wildman–Crippen LogP) is 3.17. The van der Waals surface area contributed by atoms with Crippen LogP contribution in [-0.2, 0) is 25.7 Å². The minimum absolute atomic E-state index is 0.106. The fourth-order valence-corrected chi connectivity index (χ4v) is 2.36. The summed E-state index contributed by atoms with van der Waals surface area (Å²) in [6.07, 6.45) is -0.268. The van der Waals surface area contributed by atoms with Crippen LogP contribution in [0.5, 0.6) is 0 Å². The highest BCUT2D eigenvalue weighted by atomic mass is 16.6. The molecule has 28 heavy (non-hydrogen) atoms. The van der Waals surface area contributed by atoms with Gasteiger partial charge in [-0.1, -0.05) is 44.2 Å². The lowest BCUT2D eigenvalue weighted by Crippen LogP contribution is -2.51. The van der Waals surface area contributed by atoms with Crippen LogP contribution in [0.3, 0.4) is 0 Å². The quantitative estimate of drug-likeness (QED) is 0.663. The summed E-state index contributed by atoms with van der Waals surface area (Å²) >= 11 is 0. The van der Waals surface area contributed by atoms with Crippen molar-refractivity contribution in [3.05, 3.63) is 35.9 Å². The van der Waals surface area contributed by atoms with Gasteiger partial charge in [0.15, 0.2) is 0 Å². The number of esters is 1. The highest BCUT2D eigenvalue weighted by Gasteiger charge is 2.29. The molecule has 0 radical (unpaired) electrons. The molecule has 0 aliphatic rings. The van der Waals surface area contributed by atoms with E-state index in [-0.39, 0.29) is 12.5 Å². The first-order chi connectivity index (χ1) is 13.0. The number of amides is 2. The third kappa shape index (κ3) is 9.39. The number of hydrogen-bond acceptors (Lipinski definition) is 5. The first-order valence-corrected chi connectivity index (χ1v) is 9.48. The predicted molar refractivity (Wildman–Crippen MR) is 106 cm³/mol. The van der Waals surface area contributed by atoms with E-state index in [1.54, 1.807) is 20.8 Å². The van der Waals surface area contributed by atoms with Crippen molar-refractivity contribution in [2.45, 2.75) is 72.3 Å². The lowest BCUT2D eigenvalue weighted by molar-refractivity contribution is -0.159. The van der Waals surface area contributed by atoms with Crippen LogP contribution >= 0.6 is 0 Å². The Hall–Kier alpha value is -2.57. The van der Waals surface area contributed by atoms with Gasteiger partial charge in [-0.25, -0.2) is 9.59 Å². The molecule has 7 heteroatoms. The monoisotopic (exact) mass is 392 g/mol. The number of carbonyl (C=O) groups is 3. The van der Waals surface area contributed by atoms with E-state index in [1.165, 1.54) is 6.92 Å². The van der Waals surface area contributed by atoms with Gasteiger partial charge >= 0.3 is 12.1 Å². The molecule has 2 N–H and O–H groups in total. The van der Waals surface area contributed by atoms with Crippen LogP contribution in [0.1, 0.15) is 53.5 Å². The molecule has 2 unspecified atom stereocenters. The molecule has 0 spiro atoms. The van der Waals surface area contributed by atoms with Gasteiger partial charge in [0.1, 0.15) is 24.3 Å². The molecule has 0 aliphatic heterocycles. The van der Waals surface area contributed by atoms with Crippen molar-refractivity contribution in [3.8, 4) is 0 Å². The lowest BCUT2D eigenvalue weighted by Gasteiger charge is -2.26. The van der Waals surface area contributed by atoms with Crippen LogP contribution < -0.4 is 10.6 Å². The van der Waals surface area contributed by atoms with Crippen molar-refractivity contribution in [2.24, 2.45) is 5.92 Å². The normalized spacial score (nSPS) is 13.4. The number of nitrogens with one attached hydrogen (secondary N) is 2. The lowest BCUT2D eigenvalue weighted by atomic mass is 10.0. The van der Waals surface area contributed by atoms with Gasteiger partial charge in [-0.3, -0.25) is 4.79 Å². The molecule has 1 aromatic rings. The van der Waals surface area contributed by atoms with Crippen molar-refractivity contribution in [1.82, 2.24) is 10.6 Å². The Morgan fingerprint density at radius 1 is 1.00 bits per heavy atom. The zero-order chi connectivity index (χ0) is 21.3. The van der Waals surface area contributed by atoms with Crippen molar-refractivity contribution < 1.29 is 23.9 Å². The highest BCUT2D eigenvalue weighted by Crippen LogP contribution is 2.13. The number of benzene rings is 1. The molecule has 0 bridgehead atoms. The van der Waals surface area contributed by atoms with E-state index < -0.39 is 35.7 Å². The van der Waals surface area contributed by atoms with Crippen molar-refractivity contribution in [3.63, 3.8) is 0 Å². The van der Waals surface area contributed by atoms with Gasteiger partial charge in [-0.15, -0.1) is 0 Å². The Kier molecular flexibility index (Phi) is 8.96. The molecule has 0 fully saturated rings. The van der Waals surface area contributed by atoms with E-state index in [2.05, 4.69) is 10.6 Å². The molecular formula is C21H32N2O5. The standard InChI is InChI=1S/C21H32N2O5/c1-14(2)12-17(19(25)28-21(4,5)6)23-18(24)15(3)22-20(26)27-13-16-10-8-7-9-11-16/h7-11,14-15,17H,12-13H2,1-6H3,(H,22,26)(H,23,24). The summed E-state index contributed by atoms with van der Waals surface area (Å²) in [5.41, 5.74) is 0.194. The van der Waals surface area contributed by atoms with E-state index in [1.807, 2.05) is 44.2 Å². The molecule has 2 amide bonds. The van der Waals surface area contributed by atoms with Crippen molar-refractivity contribution >= 4 is 18.0 Å². The van der Waals surface area contributed by atoms with Crippen LogP contribution in [0.2, 0.25) is 0 Å². The van der Waals surface area contributed by atoms with Crippen LogP contribution in [0.4, 0.5) is 4.79 Å². The van der Waals surface area contributed by atoms with Gasteiger partial charge < -0.3 is 20.1 Å². The second kappa shape index (κ2) is 10.7. The smallest absolute Gasteiger partial charge is 0.408 e. The summed E-state index contributed by atoms with van der Waals surface area (Å²) in [5.74, 6) is -0.793. The van der Waals surface area contributed by atoms with Gasteiger partial charge in [-0.05, 0) is 45.6 Å². The molecule has 0 aromatic heterocycles. The summed E-state index contributed by atoms with van der Waals surface area (Å²) in [4.78, 5) is 36.7. The number of ether oxygens (including phenoxy) is 2. The topological polar surface area (TPSA) is 93.7 Å².